The molecule has 0 aliphatic carbocycles. The lowest BCUT2D eigenvalue weighted by atomic mass is 9.93. The fourth-order valence-electron chi connectivity index (χ4n) is 3.04. The molecule has 0 aromatic heterocycles. The van der Waals surface area contributed by atoms with Gasteiger partial charge in [0.2, 0.25) is 5.91 Å². The van der Waals surface area contributed by atoms with Crippen molar-refractivity contribution in [2.24, 2.45) is 5.92 Å². The summed E-state index contributed by atoms with van der Waals surface area (Å²) in [6.07, 6.45) is 1.02. The summed E-state index contributed by atoms with van der Waals surface area (Å²) in [4.78, 5) is 12.6. The average Bonchev–Trinajstić information content (AvgIpc) is 3.11. The van der Waals surface area contributed by atoms with Crippen LogP contribution >= 0.6 is 0 Å². The molecule has 0 saturated carbocycles. The Morgan fingerprint density at radius 3 is 2.42 bits per heavy atom. The zero-order valence-corrected chi connectivity index (χ0v) is 14.3. The molecular weight excluding hydrogens is 298 g/mol. The van der Waals surface area contributed by atoms with Gasteiger partial charge in [0.05, 0.1) is 12.0 Å². The third-order valence-electron chi connectivity index (χ3n) is 4.65. The van der Waals surface area contributed by atoms with Crippen LogP contribution in [-0.4, -0.2) is 12.5 Å². The molecule has 2 aromatic carbocycles. The lowest BCUT2D eigenvalue weighted by Gasteiger charge is -2.19. The Balaban J connectivity index is 1.63. The van der Waals surface area contributed by atoms with E-state index < -0.39 is 0 Å². The molecule has 1 aliphatic heterocycles. The minimum absolute atomic E-state index is 0.00826. The highest BCUT2D eigenvalue weighted by molar-refractivity contribution is 5.80. The average molecular weight is 323 g/mol. The molecule has 2 aromatic rings. The van der Waals surface area contributed by atoms with Crippen LogP contribution in [-0.2, 0) is 17.8 Å². The number of carbonyl (C=O) groups excluding carboxylic acids is 1. The second-order valence-electron chi connectivity index (χ2n) is 6.41. The zero-order chi connectivity index (χ0) is 16.9. The first-order valence-electron chi connectivity index (χ1n) is 8.58. The summed E-state index contributed by atoms with van der Waals surface area (Å²) < 4.78 is 0. The van der Waals surface area contributed by atoms with E-state index in [0.717, 1.165) is 17.5 Å². The Morgan fingerprint density at radius 2 is 1.75 bits per heavy atom. The summed E-state index contributed by atoms with van der Waals surface area (Å²) in [7, 11) is 0. The van der Waals surface area contributed by atoms with E-state index in [9.17, 15) is 4.79 Å². The fraction of sp³-hybridized carbons (Fsp3) is 0.350. The van der Waals surface area contributed by atoms with Crippen molar-refractivity contribution in [1.82, 2.24) is 16.2 Å². The smallest absolute Gasteiger partial charge is 0.226 e. The first-order chi connectivity index (χ1) is 11.7. The highest BCUT2D eigenvalue weighted by atomic mass is 16.2. The number of hydrogen-bond donors (Lipinski definition) is 3. The van der Waals surface area contributed by atoms with E-state index in [0.29, 0.717) is 13.1 Å². The van der Waals surface area contributed by atoms with Crippen molar-refractivity contribution in [1.29, 1.82) is 0 Å². The van der Waals surface area contributed by atoms with Crippen molar-refractivity contribution in [3.05, 3.63) is 70.8 Å². The van der Waals surface area contributed by atoms with Gasteiger partial charge in [0, 0.05) is 13.1 Å². The molecule has 2 unspecified atom stereocenters. The number of aryl methyl sites for hydroxylation is 2. The van der Waals surface area contributed by atoms with Crippen LogP contribution in [0.5, 0.6) is 0 Å². The van der Waals surface area contributed by atoms with E-state index in [1.807, 2.05) is 0 Å². The number of nitrogens with one attached hydrogen (secondary N) is 3. The molecule has 24 heavy (non-hydrogen) atoms. The summed E-state index contributed by atoms with van der Waals surface area (Å²) in [5, 5.41) is 3.06. The van der Waals surface area contributed by atoms with Crippen molar-refractivity contribution < 1.29 is 4.79 Å². The van der Waals surface area contributed by atoms with Gasteiger partial charge in [-0.15, -0.1) is 0 Å². The summed E-state index contributed by atoms with van der Waals surface area (Å²) in [5.74, 6) is -0.0273. The predicted molar refractivity (Wildman–Crippen MR) is 96.2 cm³/mol. The van der Waals surface area contributed by atoms with Crippen molar-refractivity contribution in [2.45, 2.75) is 32.9 Å². The molecule has 1 amide bonds. The number of hydrogen-bond acceptors (Lipinski definition) is 3. The molecule has 0 spiro atoms. The summed E-state index contributed by atoms with van der Waals surface area (Å²) in [6.45, 7) is 5.41. The molecule has 1 fully saturated rings. The topological polar surface area (TPSA) is 53.2 Å². The number of rotatable bonds is 5. The maximum atomic E-state index is 12.6. The fourth-order valence-corrected chi connectivity index (χ4v) is 3.04. The van der Waals surface area contributed by atoms with Crippen LogP contribution in [0.1, 0.15) is 35.2 Å². The van der Waals surface area contributed by atoms with Crippen LogP contribution in [0.15, 0.2) is 48.5 Å². The summed E-state index contributed by atoms with van der Waals surface area (Å²) in [5.41, 5.74) is 11.2. The van der Waals surface area contributed by atoms with Gasteiger partial charge in [-0.1, -0.05) is 61.0 Å². The lowest BCUT2D eigenvalue weighted by Crippen LogP contribution is -2.34. The zero-order valence-electron chi connectivity index (χ0n) is 14.3. The minimum atomic E-state index is -0.108. The van der Waals surface area contributed by atoms with Crippen LogP contribution in [0, 0.1) is 12.8 Å². The molecule has 126 valence electrons. The van der Waals surface area contributed by atoms with Gasteiger partial charge in [-0.3, -0.25) is 10.2 Å². The first kappa shape index (κ1) is 16.7. The van der Waals surface area contributed by atoms with Gasteiger partial charge in [-0.2, -0.15) is 0 Å². The molecule has 1 saturated heterocycles. The Kier molecular flexibility index (Phi) is 5.28. The Labute approximate surface area is 143 Å². The Hall–Kier alpha value is -2.17. The van der Waals surface area contributed by atoms with Gasteiger partial charge >= 0.3 is 0 Å². The SMILES string of the molecule is CCc1ccc(C2NNCC2C(=O)NCc2ccc(C)cc2)cc1. The molecule has 2 atom stereocenters. The van der Waals surface area contributed by atoms with Crippen LogP contribution in [0.2, 0.25) is 0 Å². The Bertz CT molecular complexity index is 679. The molecular formula is C20H25N3O. The summed E-state index contributed by atoms with van der Waals surface area (Å²) >= 11 is 0. The first-order valence-corrected chi connectivity index (χ1v) is 8.58. The van der Waals surface area contributed by atoms with Gasteiger partial charge in [-0.25, -0.2) is 5.43 Å². The van der Waals surface area contributed by atoms with Crippen LogP contribution in [0.25, 0.3) is 0 Å². The van der Waals surface area contributed by atoms with Crippen molar-refractivity contribution in [2.75, 3.05) is 6.54 Å². The second kappa shape index (κ2) is 7.60. The molecule has 0 bridgehead atoms. The lowest BCUT2D eigenvalue weighted by molar-refractivity contribution is -0.125. The van der Waals surface area contributed by atoms with E-state index in [1.54, 1.807) is 0 Å². The molecule has 1 heterocycles. The minimum Gasteiger partial charge on any atom is -0.352 e. The largest absolute Gasteiger partial charge is 0.352 e. The van der Waals surface area contributed by atoms with Gasteiger partial charge in [0.15, 0.2) is 0 Å². The third-order valence-corrected chi connectivity index (χ3v) is 4.65. The monoisotopic (exact) mass is 323 g/mol. The maximum absolute atomic E-state index is 12.6. The molecule has 1 aliphatic rings. The van der Waals surface area contributed by atoms with Crippen molar-refractivity contribution in [3.8, 4) is 0 Å². The van der Waals surface area contributed by atoms with Crippen LogP contribution < -0.4 is 16.2 Å². The van der Waals surface area contributed by atoms with Crippen molar-refractivity contribution >= 4 is 5.91 Å². The molecule has 3 rings (SSSR count). The number of carbonyl (C=O) groups is 1. The highest BCUT2D eigenvalue weighted by Gasteiger charge is 2.33. The Morgan fingerprint density at radius 1 is 1.08 bits per heavy atom. The van der Waals surface area contributed by atoms with Gasteiger partial charge in [0.25, 0.3) is 0 Å². The molecule has 4 nitrogen and oxygen atoms in total. The molecule has 4 heteroatoms. The number of amides is 1. The maximum Gasteiger partial charge on any atom is 0.226 e. The van der Waals surface area contributed by atoms with Crippen molar-refractivity contribution in [3.63, 3.8) is 0 Å². The van der Waals surface area contributed by atoms with Crippen LogP contribution in [0.3, 0.4) is 0 Å². The highest BCUT2D eigenvalue weighted by Crippen LogP contribution is 2.25. The second-order valence-corrected chi connectivity index (χ2v) is 6.41. The van der Waals surface area contributed by atoms with Gasteiger partial charge in [0.1, 0.15) is 0 Å². The quantitative estimate of drug-likeness (QED) is 0.793. The van der Waals surface area contributed by atoms with Gasteiger partial charge < -0.3 is 5.32 Å². The van der Waals surface area contributed by atoms with E-state index in [2.05, 4.69) is 78.5 Å². The van der Waals surface area contributed by atoms with Gasteiger partial charge in [-0.05, 0) is 30.0 Å². The van der Waals surface area contributed by atoms with E-state index in [-0.39, 0.29) is 17.9 Å². The summed E-state index contributed by atoms with van der Waals surface area (Å²) in [6, 6.07) is 16.8. The van der Waals surface area contributed by atoms with E-state index in [4.69, 9.17) is 0 Å². The number of benzene rings is 2. The third kappa shape index (κ3) is 3.83. The van der Waals surface area contributed by atoms with E-state index in [1.165, 1.54) is 11.1 Å². The molecule has 3 N–H and O–H groups in total. The van der Waals surface area contributed by atoms with E-state index >= 15 is 0 Å². The normalized spacial score (nSPS) is 20.1. The standard InChI is InChI=1S/C20H25N3O/c1-3-15-8-10-17(11-9-15)19-18(13-22-23-19)20(24)21-12-16-6-4-14(2)5-7-16/h4-11,18-19,22-23H,3,12-13H2,1-2H3,(H,21,24). The van der Waals surface area contributed by atoms with Crippen LogP contribution in [0.4, 0.5) is 0 Å². The predicted octanol–water partition coefficient (Wildman–Crippen LogP) is 2.64. The number of hydrazine groups is 1. The molecule has 0 radical (unpaired) electrons.